The van der Waals surface area contributed by atoms with Crippen LogP contribution in [0.3, 0.4) is 0 Å². The first-order valence-corrected chi connectivity index (χ1v) is 6.34. The highest BCUT2D eigenvalue weighted by molar-refractivity contribution is 5.85. The molecular formula is C14H21N3O2. The summed E-state index contributed by atoms with van der Waals surface area (Å²) in [6, 6.07) is 7.15. The Labute approximate surface area is 113 Å². The Morgan fingerprint density at radius 1 is 1.11 bits per heavy atom. The zero-order valence-electron chi connectivity index (χ0n) is 11.6. The van der Waals surface area contributed by atoms with E-state index in [9.17, 15) is 9.59 Å². The number of benzene rings is 1. The summed E-state index contributed by atoms with van der Waals surface area (Å²) in [5, 5.41) is 0. The Kier molecular flexibility index (Phi) is 5.36. The second-order valence-corrected chi connectivity index (χ2v) is 5.04. The van der Waals surface area contributed by atoms with Crippen molar-refractivity contribution in [1.82, 2.24) is 10.9 Å². The van der Waals surface area contributed by atoms with Crippen LogP contribution < -0.4 is 16.6 Å². The second-order valence-electron chi connectivity index (χ2n) is 5.04. The van der Waals surface area contributed by atoms with E-state index in [0.717, 1.165) is 12.0 Å². The fourth-order valence-corrected chi connectivity index (χ4v) is 1.80. The van der Waals surface area contributed by atoms with Crippen LogP contribution in [0.1, 0.15) is 37.8 Å². The number of carbonyl (C=O) groups is 2. The van der Waals surface area contributed by atoms with Gasteiger partial charge in [-0.3, -0.25) is 10.2 Å². The third-order valence-electron chi connectivity index (χ3n) is 2.83. The Bertz CT molecular complexity index is 441. The highest BCUT2D eigenvalue weighted by atomic mass is 16.2. The van der Waals surface area contributed by atoms with Crippen LogP contribution in [-0.2, 0) is 11.2 Å². The van der Waals surface area contributed by atoms with Crippen LogP contribution in [0.2, 0.25) is 0 Å². The minimum Gasteiger partial charge on any atom is -0.350 e. The van der Waals surface area contributed by atoms with E-state index >= 15 is 0 Å². The number of hydrazine groups is 1. The van der Waals surface area contributed by atoms with Crippen molar-refractivity contribution < 1.29 is 9.59 Å². The van der Waals surface area contributed by atoms with Crippen molar-refractivity contribution >= 4 is 11.9 Å². The maximum atomic E-state index is 11.7. The normalized spacial score (nSPS) is 12.0. The second kappa shape index (κ2) is 6.78. The molecule has 0 aliphatic carbocycles. The third kappa shape index (κ3) is 4.99. The molecule has 0 saturated heterocycles. The Hall–Kier alpha value is -2.04. The molecule has 4 N–H and O–H groups in total. The summed E-state index contributed by atoms with van der Waals surface area (Å²) < 4.78 is 0. The molecule has 3 amide bonds. The van der Waals surface area contributed by atoms with Gasteiger partial charge in [-0.25, -0.2) is 10.2 Å². The summed E-state index contributed by atoms with van der Waals surface area (Å²) in [7, 11) is 0. The Morgan fingerprint density at radius 2 is 1.68 bits per heavy atom. The monoisotopic (exact) mass is 263 g/mol. The molecule has 0 spiro atoms. The lowest BCUT2D eigenvalue weighted by Crippen LogP contribution is -2.45. The molecule has 1 atom stereocenters. The molecule has 0 bridgehead atoms. The van der Waals surface area contributed by atoms with E-state index in [1.54, 1.807) is 6.92 Å². The molecule has 0 aliphatic heterocycles. The fourth-order valence-electron chi connectivity index (χ4n) is 1.80. The van der Waals surface area contributed by atoms with Crippen LogP contribution in [0.25, 0.3) is 0 Å². The molecule has 0 saturated carbocycles. The van der Waals surface area contributed by atoms with Gasteiger partial charge in [0.25, 0.3) is 0 Å². The van der Waals surface area contributed by atoms with Gasteiger partial charge in [0.2, 0.25) is 5.91 Å². The standard InChI is InChI=1S/C14H21N3O2/c1-9(2)8-11-4-6-12(7-5-11)10(3)13(18)16-17-14(15)19/h4-7,9-10H,8H2,1-3H3,(H,16,18)(H3,15,17,19). The van der Waals surface area contributed by atoms with Crippen LogP contribution >= 0.6 is 0 Å². The van der Waals surface area contributed by atoms with Gasteiger partial charge in [0.1, 0.15) is 0 Å². The highest BCUT2D eigenvalue weighted by Gasteiger charge is 2.15. The minimum absolute atomic E-state index is 0.296. The summed E-state index contributed by atoms with van der Waals surface area (Å²) in [6.07, 6.45) is 1.02. The molecule has 5 heteroatoms. The maximum Gasteiger partial charge on any atom is 0.330 e. The quantitative estimate of drug-likeness (QED) is 0.722. The lowest BCUT2D eigenvalue weighted by atomic mass is 9.96. The SMILES string of the molecule is CC(C)Cc1ccc(C(C)C(=O)NNC(N)=O)cc1. The van der Waals surface area contributed by atoms with Gasteiger partial charge < -0.3 is 5.73 Å². The number of hydrogen-bond acceptors (Lipinski definition) is 2. The molecule has 104 valence electrons. The van der Waals surface area contributed by atoms with Crippen LogP contribution in [0.5, 0.6) is 0 Å². The molecule has 1 unspecified atom stereocenters. The van der Waals surface area contributed by atoms with Gasteiger partial charge in [0, 0.05) is 0 Å². The van der Waals surface area contributed by atoms with Crippen LogP contribution in [0, 0.1) is 5.92 Å². The van der Waals surface area contributed by atoms with Crippen LogP contribution in [0.15, 0.2) is 24.3 Å². The Balaban J connectivity index is 2.64. The van der Waals surface area contributed by atoms with E-state index in [2.05, 4.69) is 24.7 Å². The van der Waals surface area contributed by atoms with E-state index in [1.165, 1.54) is 5.56 Å². The molecule has 0 radical (unpaired) electrons. The van der Waals surface area contributed by atoms with Crippen molar-refractivity contribution in [3.63, 3.8) is 0 Å². The zero-order chi connectivity index (χ0) is 14.4. The molecule has 0 aliphatic rings. The average molecular weight is 263 g/mol. The average Bonchev–Trinajstić information content (AvgIpc) is 2.35. The van der Waals surface area contributed by atoms with E-state index in [1.807, 2.05) is 24.3 Å². The topological polar surface area (TPSA) is 84.2 Å². The summed E-state index contributed by atoms with van der Waals surface area (Å²) in [5.74, 6) is -0.0401. The van der Waals surface area contributed by atoms with E-state index in [-0.39, 0.29) is 11.8 Å². The first kappa shape index (κ1) is 15.0. The largest absolute Gasteiger partial charge is 0.350 e. The molecule has 1 rings (SSSR count). The van der Waals surface area contributed by atoms with E-state index in [4.69, 9.17) is 5.73 Å². The van der Waals surface area contributed by atoms with Crippen molar-refractivity contribution in [1.29, 1.82) is 0 Å². The number of rotatable bonds is 4. The molecule has 1 aromatic rings. The van der Waals surface area contributed by atoms with Crippen molar-refractivity contribution in [2.75, 3.05) is 0 Å². The Morgan fingerprint density at radius 3 is 2.16 bits per heavy atom. The maximum absolute atomic E-state index is 11.7. The van der Waals surface area contributed by atoms with Crippen molar-refractivity contribution in [3.8, 4) is 0 Å². The first-order chi connectivity index (χ1) is 8.90. The number of primary amides is 1. The molecule has 19 heavy (non-hydrogen) atoms. The fraction of sp³-hybridized carbons (Fsp3) is 0.429. The highest BCUT2D eigenvalue weighted by Crippen LogP contribution is 2.17. The van der Waals surface area contributed by atoms with Crippen molar-refractivity contribution in [2.45, 2.75) is 33.1 Å². The predicted molar refractivity (Wildman–Crippen MR) is 74.3 cm³/mol. The summed E-state index contributed by atoms with van der Waals surface area (Å²) in [5.41, 5.74) is 11.4. The summed E-state index contributed by atoms with van der Waals surface area (Å²) in [6.45, 7) is 6.11. The lowest BCUT2D eigenvalue weighted by Gasteiger charge is -2.13. The first-order valence-electron chi connectivity index (χ1n) is 6.34. The number of urea groups is 1. The van der Waals surface area contributed by atoms with Gasteiger partial charge in [0.05, 0.1) is 5.92 Å². The van der Waals surface area contributed by atoms with Gasteiger partial charge in [-0.1, -0.05) is 38.1 Å². The van der Waals surface area contributed by atoms with Gasteiger partial charge in [0.15, 0.2) is 0 Å². The predicted octanol–water partition coefficient (Wildman–Crippen LogP) is 1.69. The lowest BCUT2D eigenvalue weighted by molar-refractivity contribution is -0.122. The van der Waals surface area contributed by atoms with E-state index < -0.39 is 6.03 Å². The molecule has 0 fully saturated rings. The van der Waals surface area contributed by atoms with E-state index in [0.29, 0.717) is 5.92 Å². The minimum atomic E-state index is -0.784. The number of hydrogen-bond donors (Lipinski definition) is 3. The third-order valence-corrected chi connectivity index (χ3v) is 2.83. The van der Waals surface area contributed by atoms with Crippen molar-refractivity contribution in [3.05, 3.63) is 35.4 Å². The molecule has 1 aromatic carbocycles. The number of amides is 3. The van der Waals surface area contributed by atoms with Gasteiger partial charge in [-0.2, -0.15) is 0 Å². The summed E-state index contributed by atoms with van der Waals surface area (Å²) in [4.78, 5) is 22.2. The molecule has 0 heterocycles. The van der Waals surface area contributed by atoms with Gasteiger partial charge in [-0.15, -0.1) is 0 Å². The van der Waals surface area contributed by atoms with Crippen LogP contribution in [0.4, 0.5) is 4.79 Å². The van der Waals surface area contributed by atoms with Crippen molar-refractivity contribution in [2.24, 2.45) is 11.7 Å². The molecule has 5 nitrogen and oxygen atoms in total. The number of carbonyl (C=O) groups excluding carboxylic acids is 2. The zero-order valence-corrected chi connectivity index (χ0v) is 11.6. The van der Waals surface area contributed by atoms with Gasteiger partial charge in [-0.05, 0) is 30.4 Å². The van der Waals surface area contributed by atoms with Gasteiger partial charge >= 0.3 is 6.03 Å². The molecule has 0 aromatic heterocycles. The smallest absolute Gasteiger partial charge is 0.330 e. The van der Waals surface area contributed by atoms with Crippen LogP contribution in [-0.4, -0.2) is 11.9 Å². The summed E-state index contributed by atoms with van der Waals surface area (Å²) >= 11 is 0. The molecular weight excluding hydrogens is 242 g/mol. The number of nitrogens with one attached hydrogen (secondary N) is 2. The number of nitrogens with two attached hydrogens (primary N) is 1.